The summed E-state index contributed by atoms with van der Waals surface area (Å²) < 4.78 is 21.0. The number of ether oxygens (including phenoxy) is 1. The van der Waals surface area contributed by atoms with Crippen LogP contribution in [0.3, 0.4) is 0 Å². The largest absolute Gasteiger partial charge is 0.486 e. The third-order valence-corrected chi connectivity index (χ3v) is 5.01. The number of halogens is 1. The number of nitrogens with one attached hydrogen (secondary N) is 1. The molecule has 0 fully saturated rings. The maximum atomic E-state index is 13.6. The van der Waals surface area contributed by atoms with Gasteiger partial charge in [-0.3, -0.25) is 9.48 Å². The highest BCUT2D eigenvalue weighted by Crippen LogP contribution is 2.20. The highest BCUT2D eigenvalue weighted by Gasteiger charge is 2.14. The lowest BCUT2D eigenvalue weighted by Crippen LogP contribution is -2.35. The zero-order valence-electron chi connectivity index (χ0n) is 15.5. The topological polar surface area (TPSA) is 56.2 Å². The van der Waals surface area contributed by atoms with Crippen molar-refractivity contribution in [1.82, 2.24) is 15.1 Å². The standard InChI is InChI=1S/C20H22FN3O2S/c1-13-8-15(3)24(23-13)10-14(2)22-20(25)19-9-16(12-27-19)11-26-18-7-5-4-6-17(18)21/h4-9,12,14H,10-11H2,1-3H3,(H,22,25). The number of carbonyl (C=O) groups is 1. The fourth-order valence-electron chi connectivity index (χ4n) is 2.75. The first-order valence-electron chi connectivity index (χ1n) is 8.69. The van der Waals surface area contributed by atoms with E-state index in [9.17, 15) is 9.18 Å². The van der Waals surface area contributed by atoms with Crippen LogP contribution in [0.2, 0.25) is 0 Å². The Kier molecular flexibility index (Phi) is 5.91. The van der Waals surface area contributed by atoms with Crippen LogP contribution in [0.25, 0.3) is 0 Å². The number of carbonyl (C=O) groups excluding carboxylic acids is 1. The van der Waals surface area contributed by atoms with Crippen molar-refractivity contribution in [3.8, 4) is 5.75 Å². The smallest absolute Gasteiger partial charge is 0.261 e. The predicted molar refractivity (Wildman–Crippen MR) is 104 cm³/mol. The van der Waals surface area contributed by atoms with Crippen molar-refractivity contribution in [2.45, 2.75) is 40.0 Å². The molecule has 0 aliphatic heterocycles. The highest BCUT2D eigenvalue weighted by molar-refractivity contribution is 7.12. The second-order valence-corrected chi connectivity index (χ2v) is 7.43. The van der Waals surface area contributed by atoms with Gasteiger partial charge in [-0.1, -0.05) is 12.1 Å². The van der Waals surface area contributed by atoms with E-state index in [4.69, 9.17) is 4.74 Å². The Morgan fingerprint density at radius 2 is 2.11 bits per heavy atom. The molecular formula is C20H22FN3O2S. The molecular weight excluding hydrogens is 365 g/mol. The number of nitrogens with zero attached hydrogens (tertiary/aromatic N) is 2. The van der Waals surface area contributed by atoms with Crippen molar-refractivity contribution in [3.05, 3.63) is 69.4 Å². The average Bonchev–Trinajstić information content (AvgIpc) is 3.21. The molecule has 0 aliphatic rings. The van der Waals surface area contributed by atoms with Crippen LogP contribution in [0.1, 0.15) is 33.5 Å². The number of thiophene rings is 1. The first kappa shape index (κ1) is 19.1. The summed E-state index contributed by atoms with van der Waals surface area (Å²) in [5.41, 5.74) is 2.86. The quantitative estimate of drug-likeness (QED) is 0.664. The second-order valence-electron chi connectivity index (χ2n) is 6.52. The molecule has 3 aromatic rings. The summed E-state index contributed by atoms with van der Waals surface area (Å²) in [6.07, 6.45) is 0. The van der Waals surface area contributed by atoms with Gasteiger partial charge in [0.05, 0.1) is 17.1 Å². The van der Waals surface area contributed by atoms with Gasteiger partial charge in [0.1, 0.15) is 6.61 Å². The van der Waals surface area contributed by atoms with Gasteiger partial charge in [0, 0.05) is 17.3 Å². The van der Waals surface area contributed by atoms with Crippen LogP contribution in [0.4, 0.5) is 4.39 Å². The summed E-state index contributed by atoms with van der Waals surface area (Å²) in [7, 11) is 0. The Hall–Kier alpha value is -2.67. The zero-order chi connectivity index (χ0) is 19.4. The van der Waals surface area contributed by atoms with Crippen LogP contribution >= 0.6 is 11.3 Å². The average molecular weight is 387 g/mol. The van der Waals surface area contributed by atoms with Crippen molar-refractivity contribution < 1.29 is 13.9 Å². The number of hydrogen-bond acceptors (Lipinski definition) is 4. The van der Waals surface area contributed by atoms with E-state index in [-0.39, 0.29) is 24.3 Å². The highest BCUT2D eigenvalue weighted by atomic mass is 32.1. The number of para-hydroxylation sites is 1. The maximum absolute atomic E-state index is 13.6. The lowest BCUT2D eigenvalue weighted by atomic mass is 10.3. The Morgan fingerprint density at radius 3 is 2.81 bits per heavy atom. The van der Waals surface area contributed by atoms with E-state index in [1.165, 1.54) is 17.4 Å². The van der Waals surface area contributed by atoms with Crippen LogP contribution in [-0.4, -0.2) is 21.7 Å². The minimum absolute atomic E-state index is 0.0595. The number of rotatable bonds is 7. The van der Waals surface area contributed by atoms with Crippen LogP contribution in [0, 0.1) is 19.7 Å². The number of aryl methyl sites for hydroxylation is 2. The van der Waals surface area contributed by atoms with E-state index in [1.807, 2.05) is 36.9 Å². The molecule has 1 atom stereocenters. The van der Waals surface area contributed by atoms with Crippen molar-refractivity contribution in [3.63, 3.8) is 0 Å². The summed E-state index contributed by atoms with van der Waals surface area (Å²) in [4.78, 5) is 13.0. The molecule has 0 saturated carbocycles. The molecule has 1 aromatic carbocycles. The van der Waals surface area contributed by atoms with Gasteiger partial charge in [0.2, 0.25) is 0 Å². The summed E-state index contributed by atoms with van der Waals surface area (Å²) in [5.74, 6) is -0.331. The summed E-state index contributed by atoms with van der Waals surface area (Å²) in [6.45, 7) is 6.72. The van der Waals surface area contributed by atoms with Gasteiger partial charge in [0.15, 0.2) is 11.6 Å². The first-order chi connectivity index (χ1) is 12.9. The number of amides is 1. The number of hydrogen-bond donors (Lipinski definition) is 1. The molecule has 27 heavy (non-hydrogen) atoms. The lowest BCUT2D eigenvalue weighted by molar-refractivity contribution is 0.0940. The molecule has 0 spiro atoms. The third-order valence-electron chi connectivity index (χ3n) is 4.04. The van der Waals surface area contributed by atoms with Gasteiger partial charge in [-0.05, 0) is 50.4 Å². The van der Waals surface area contributed by atoms with E-state index < -0.39 is 5.82 Å². The normalized spacial score (nSPS) is 12.0. The Morgan fingerprint density at radius 1 is 1.33 bits per heavy atom. The minimum atomic E-state index is -0.399. The summed E-state index contributed by atoms with van der Waals surface area (Å²) in [6, 6.07) is 9.99. The van der Waals surface area contributed by atoms with E-state index in [1.54, 1.807) is 24.3 Å². The van der Waals surface area contributed by atoms with Gasteiger partial charge >= 0.3 is 0 Å². The molecule has 0 aliphatic carbocycles. The van der Waals surface area contributed by atoms with E-state index in [0.717, 1.165) is 17.0 Å². The SMILES string of the molecule is Cc1cc(C)n(CC(C)NC(=O)c2cc(COc3ccccc3F)cs2)n1. The van der Waals surface area contributed by atoms with Crippen LogP contribution in [0.15, 0.2) is 41.8 Å². The van der Waals surface area contributed by atoms with Crippen LogP contribution in [-0.2, 0) is 13.2 Å². The Balaban J connectivity index is 1.55. The van der Waals surface area contributed by atoms with Gasteiger partial charge in [-0.25, -0.2) is 4.39 Å². The molecule has 1 amide bonds. The summed E-state index contributed by atoms with van der Waals surface area (Å²) >= 11 is 1.34. The molecule has 0 bridgehead atoms. The molecule has 1 unspecified atom stereocenters. The van der Waals surface area contributed by atoms with Crippen molar-refractivity contribution in [1.29, 1.82) is 0 Å². The second kappa shape index (κ2) is 8.35. The molecule has 142 valence electrons. The van der Waals surface area contributed by atoms with E-state index in [0.29, 0.717) is 11.4 Å². The third kappa shape index (κ3) is 4.95. The minimum Gasteiger partial charge on any atom is -0.486 e. The predicted octanol–water partition coefficient (Wildman–Crippen LogP) is 4.10. The van der Waals surface area contributed by atoms with Crippen LogP contribution in [0.5, 0.6) is 5.75 Å². The monoisotopic (exact) mass is 387 g/mol. The Bertz CT molecular complexity index is 935. The van der Waals surface area contributed by atoms with E-state index >= 15 is 0 Å². The molecule has 0 saturated heterocycles. The number of benzene rings is 1. The van der Waals surface area contributed by atoms with E-state index in [2.05, 4.69) is 10.4 Å². The molecule has 5 nitrogen and oxygen atoms in total. The van der Waals surface area contributed by atoms with Crippen molar-refractivity contribution in [2.75, 3.05) is 0 Å². The fraction of sp³-hybridized carbons (Fsp3) is 0.300. The molecule has 0 radical (unpaired) electrons. The maximum Gasteiger partial charge on any atom is 0.261 e. The molecule has 7 heteroatoms. The zero-order valence-corrected chi connectivity index (χ0v) is 16.3. The molecule has 1 N–H and O–H groups in total. The van der Waals surface area contributed by atoms with Crippen LogP contribution < -0.4 is 10.1 Å². The lowest BCUT2D eigenvalue weighted by Gasteiger charge is -2.14. The van der Waals surface area contributed by atoms with Gasteiger partial charge in [-0.2, -0.15) is 5.10 Å². The summed E-state index contributed by atoms with van der Waals surface area (Å²) in [5, 5.41) is 9.25. The van der Waals surface area contributed by atoms with Gasteiger partial charge in [0.25, 0.3) is 5.91 Å². The molecule has 2 heterocycles. The first-order valence-corrected chi connectivity index (χ1v) is 9.57. The van der Waals surface area contributed by atoms with Gasteiger partial charge in [-0.15, -0.1) is 11.3 Å². The molecule has 2 aromatic heterocycles. The van der Waals surface area contributed by atoms with Crippen molar-refractivity contribution >= 4 is 17.2 Å². The Labute approximate surface area is 161 Å². The fourth-order valence-corrected chi connectivity index (χ4v) is 3.55. The number of aromatic nitrogens is 2. The molecule has 3 rings (SSSR count). The van der Waals surface area contributed by atoms with Gasteiger partial charge < -0.3 is 10.1 Å². The van der Waals surface area contributed by atoms with Crippen molar-refractivity contribution in [2.24, 2.45) is 0 Å².